The number of nitrogens with two attached hydrogens (primary N) is 1. The van der Waals surface area contributed by atoms with E-state index in [4.69, 9.17) is 5.84 Å². The summed E-state index contributed by atoms with van der Waals surface area (Å²) >= 11 is 4.76. The molecule has 3 rings (SSSR count). The van der Waals surface area contributed by atoms with Gasteiger partial charge in [0.05, 0.1) is 10.8 Å². The lowest BCUT2D eigenvalue weighted by Crippen LogP contribution is -2.09. The molecule has 0 aromatic carbocycles. The Bertz CT molecular complexity index is 729. The van der Waals surface area contributed by atoms with Crippen molar-refractivity contribution in [2.24, 2.45) is 5.84 Å². The topological polar surface area (TPSA) is 118 Å². The molecule has 4 N–H and O–H groups in total. The number of nitrogens with zero attached hydrogens (tertiary/aromatic N) is 5. The van der Waals surface area contributed by atoms with Crippen LogP contribution in [0, 0.1) is 0 Å². The Kier molecular flexibility index (Phi) is 3.27. The molecule has 0 saturated heterocycles. The van der Waals surface area contributed by atoms with Gasteiger partial charge in [0.1, 0.15) is 28.2 Å². The Morgan fingerprint density at radius 2 is 1.89 bits per heavy atom. The van der Waals surface area contributed by atoms with Crippen LogP contribution >= 0.6 is 27.7 Å². The Hall–Kier alpha value is -1.78. The highest BCUT2D eigenvalue weighted by Crippen LogP contribution is 2.35. The monoisotopic (exact) mass is 338 g/mol. The number of aromatic amines is 1. The van der Waals surface area contributed by atoms with Crippen molar-refractivity contribution in [1.82, 2.24) is 29.9 Å². The summed E-state index contributed by atoms with van der Waals surface area (Å²) in [7, 11) is 0. The fourth-order valence-corrected chi connectivity index (χ4v) is 2.82. The van der Waals surface area contributed by atoms with Crippen molar-refractivity contribution in [1.29, 1.82) is 0 Å². The molecule has 0 radical (unpaired) electrons. The lowest BCUT2D eigenvalue weighted by atomic mass is 10.6. The first-order chi connectivity index (χ1) is 9.29. The first kappa shape index (κ1) is 12.3. The molecule has 0 bridgehead atoms. The smallest absolute Gasteiger partial charge is 0.181 e. The van der Waals surface area contributed by atoms with E-state index in [1.54, 1.807) is 6.33 Å². The number of nitrogens with one attached hydrogen (secondary N) is 2. The van der Waals surface area contributed by atoms with Crippen LogP contribution in [0.4, 0.5) is 5.82 Å². The molecule has 0 amide bonds. The number of imidazole rings is 1. The minimum atomic E-state index is 0.507. The maximum absolute atomic E-state index is 5.37. The Morgan fingerprint density at radius 3 is 2.74 bits per heavy atom. The molecule has 10 heteroatoms. The number of H-pyrrole nitrogens is 1. The van der Waals surface area contributed by atoms with E-state index >= 15 is 0 Å². The fraction of sp³-hybridized carbons (Fsp3) is 0. The molecular weight excluding hydrogens is 332 g/mol. The quantitative estimate of drug-likeness (QED) is 0.372. The number of aromatic nitrogens is 6. The van der Waals surface area contributed by atoms with Gasteiger partial charge in [0.15, 0.2) is 11.5 Å². The van der Waals surface area contributed by atoms with Gasteiger partial charge in [0, 0.05) is 0 Å². The standard InChI is InChI=1S/C9H7BrN8S/c10-4-6(18-11)13-2-16-8(4)19-9-5-7(14-1-12-5)15-3-17-9/h1-3H,11H2,(H,13,16,18)(H,12,14,15,17). The zero-order valence-electron chi connectivity index (χ0n) is 9.33. The second-order valence-electron chi connectivity index (χ2n) is 3.37. The van der Waals surface area contributed by atoms with Crippen molar-refractivity contribution in [3.63, 3.8) is 0 Å². The number of hydrogen-bond acceptors (Lipinski definition) is 8. The molecule has 0 atom stereocenters. The molecular formula is C9H7BrN8S. The SMILES string of the molecule is NNc1ncnc(Sc2ncnc3nc[nH]c23)c1Br. The molecule has 0 saturated carbocycles. The molecule has 19 heavy (non-hydrogen) atoms. The first-order valence-corrected chi connectivity index (χ1v) is 6.69. The molecule has 0 aliphatic carbocycles. The van der Waals surface area contributed by atoms with Gasteiger partial charge in [-0.2, -0.15) is 0 Å². The summed E-state index contributed by atoms with van der Waals surface area (Å²) in [6, 6.07) is 0. The van der Waals surface area contributed by atoms with E-state index in [0.717, 1.165) is 10.5 Å². The molecule has 3 aromatic rings. The van der Waals surface area contributed by atoms with Crippen LogP contribution in [0.2, 0.25) is 0 Å². The van der Waals surface area contributed by atoms with Gasteiger partial charge in [0.2, 0.25) is 0 Å². The number of hydrazine groups is 1. The minimum absolute atomic E-state index is 0.507. The molecule has 96 valence electrons. The largest absolute Gasteiger partial charge is 0.341 e. The van der Waals surface area contributed by atoms with Gasteiger partial charge in [-0.15, -0.1) is 0 Å². The molecule has 0 fully saturated rings. The Balaban J connectivity index is 2.04. The van der Waals surface area contributed by atoms with Crippen molar-refractivity contribution >= 4 is 44.7 Å². The highest BCUT2D eigenvalue weighted by Gasteiger charge is 2.13. The maximum atomic E-state index is 5.37. The van der Waals surface area contributed by atoms with Gasteiger partial charge in [0.25, 0.3) is 0 Å². The van der Waals surface area contributed by atoms with E-state index in [1.165, 1.54) is 24.4 Å². The lowest BCUT2D eigenvalue weighted by molar-refractivity contribution is 1.01. The second-order valence-corrected chi connectivity index (χ2v) is 5.14. The summed E-state index contributed by atoms with van der Waals surface area (Å²) in [6.45, 7) is 0. The van der Waals surface area contributed by atoms with Gasteiger partial charge in [-0.3, -0.25) is 0 Å². The van der Waals surface area contributed by atoms with E-state index in [9.17, 15) is 0 Å². The third-order valence-electron chi connectivity index (χ3n) is 2.28. The molecule has 3 aromatic heterocycles. The van der Waals surface area contributed by atoms with E-state index in [-0.39, 0.29) is 0 Å². The van der Waals surface area contributed by atoms with Crippen LogP contribution in [0.15, 0.2) is 33.5 Å². The van der Waals surface area contributed by atoms with Crippen molar-refractivity contribution < 1.29 is 0 Å². The number of nitrogen functional groups attached to an aromatic ring is 1. The summed E-state index contributed by atoms with van der Waals surface area (Å²) in [6.07, 6.45) is 4.46. The summed E-state index contributed by atoms with van der Waals surface area (Å²) in [5, 5.41) is 1.42. The number of anilines is 1. The van der Waals surface area contributed by atoms with Gasteiger partial charge in [-0.1, -0.05) is 0 Å². The summed E-state index contributed by atoms with van der Waals surface area (Å²) < 4.78 is 0.675. The van der Waals surface area contributed by atoms with Crippen LogP contribution in [0.3, 0.4) is 0 Å². The number of fused-ring (bicyclic) bond motifs is 1. The van der Waals surface area contributed by atoms with Crippen LogP contribution in [0.5, 0.6) is 0 Å². The molecule has 3 heterocycles. The summed E-state index contributed by atoms with van der Waals surface area (Å²) in [5.41, 5.74) is 3.86. The van der Waals surface area contributed by atoms with Crippen LogP contribution in [0.25, 0.3) is 11.2 Å². The van der Waals surface area contributed by atoms with Crippen LogP contribution in [-0.2, 0) is 0 Å². The average Bonchev–Trinajstić information content (AvgIpc) is 2.90. The van der Waals surface area contributed by atoms with Crippen molar-refractivity contribution in [3.8, 4) is 0 Å². The zero-order valence-corrected chi connectivity index (χ0v) is 11.7. The molecule has 0 aliphatic rings. The normalized spacial score (nSPS) is 10.8. The highest BCUT2D eigenvalue weighted by molar-refractivity contribution is 9.10. The third kappa shape index (κ3) is 2.25. The first-order valence-electron chi connectivity index (χ1n) is 5.08. The third-order valence-corrected chi connectivity index (χ3v) is 4.30. The van der Waals surface area contributed by atoms with Crippen molar-refractivity contribution in [3.05, 3.63) is 23.5 Å². The highest BCUT2D eigenvalue weighted by atomic mass is 79.9. The summed E-state index contributed by atoms with van der Waals surface area (Å²) in [5.74, 6) is 5.87. The van der Waals surface area contributed by atoms with Crippen molar-refractivity contribution in [2.75, 3.05) is 5.43 Å². The molecule has 0 unspecified atom stereocenters. The molecule has 8 nitrogen and oxygen atoms in total. The van der Waals surface area contributed by atoms with Crippen LogP contribution < -0.4 is 11.3 Å². The maximum Gasteiger partial charge on any atom is 0.181 e. The number of hydrogen-bond donors (Lipinski definition) is 3. The Labute approximate surface area is 119 Å². The number of halogens is 1. The fourth-order valence-electron chi connectivity index (χ4n) is 1.44. The van der Waals surface area contributed by atoms with Gasteiger partial charge < -0.3 is 10.4 Å². The lowest BCUT2D eigenvalue weighted by Gasteiger charge is -2.06. The predicted octanol–water partition coefficient (Wildman–Crippen LogP) is 1.34. The summed E-state index contributed by atoms with van der Waals surface area (Å²) in [4.78, 5) is 23.5. The van der Waals surface area contributed by atoms with E-state index in [0.29, 0.717) is 21.0 Å². The average molecular weight is 339 g/mol. The van der Waals surface area contributed by atoms with E-state index in [1.807, 2.05) is 0 Å². The number of rotatable bonds is 3. The molecule has 0 spiro atoms. The van der Waals surface area contributed by atoms with Gasteiger partial charge in [-0.05, 0) is 27.7 Å². The van der Waals surface area contributed by atoms with E-state index < -0.39 is 0 Å². The molecule has 0 aliphatic heterocycles. The van der Waals surface area contributed by atoms with Crippen LogP contribution in [0.1, 0.15) is 0 Å². The zero-order chi connectivity index (χ0) is 13.2. The predicted molar refractivity (Wildman–Crippen MR) is 73.3 cm³/mol. The Morgan fingerprint density at radius 1 is 1.11 bits per heavy atom. The van der Waals surface area contributed by atoms with Gasteiger partial charge >= 0.3 is 0 Å². The minimum Gasteiger partial charge on any atom is -0.341 e. The second kappa shape index (κ2) is 5.07. The van der Waals surface area contributed by atoms with Crippen molar-refractivity contribution in [2.45, 2.75) is 10.1 Å². The van der Waals surface area contributed by atoms with E-state index in [2.05, 4.69) is 51.3 Å². The van der Waals surface area contributed by atoms with Crippen LogP contribution in [-0.4, -0.2) is 29.9 Å². The van der Waals surface area contributed by atoms with Gasteiger partial charge in [-0.25, -0.2) is 30.8 Å².